The Labute approximate surface area is 98.1 Å². The molecule has 0 N–H and O–H groups in total. The van der Waals surface area contributed by atoms with Gasteiger partial charge in [-0.1, -0.05) is 27.5 Å². The Morgan fingerprint density at radius 1 is 1.21 bits per heavy atom. The van der Waals surface area contributed by atoms with Crippen LogP contribution in [0, 0.1) is 0 Å². The van der Waals surface area contributed by atoms with E-state index in [0.29, 0.717) is 10.9 Å². The van der Waals surface area contributed by atoms with Crippen LogP contribution in [0.15, 0.2) is 27.2 Å². The summed E-state index contributed by atoms with van der Waals surface area (Å²) in [4.78, 5) is 3.87. The average molecular weight is 294 g/mol. The Bertz CT molecular complexity index is 452. The molecule has 0 aliphatic heterocycles. The van der Waals surface area contributed by atoms with Gasteiger partial charge >= 0.3 is 0 Å². The molecule has 3 nitrogen and oxygen atoms in total. The molecule has 2 rings (SSSR count). The van der Waals surface area contributed by atoms with Gasteiger partial charge in [0.15, 0.2) is 0 Å². The lowest BCUT2D eigenvalue weighted by Gasteiger charge is -1.96. The highest BCUT2D eigenvalue weighted by atomic mass is 79.9. The summed E-state index contributed by atoms with van der Waals surface area (Å²) in [5, 5.41) is 4.14. The fraction of sp³-hybridized carbons (Fsp3) is 0. The van der Waals surface area contributed by atoms with Crippen molar-refractivity contribution in [3.8, 4) is 11.5 Å². The molecule has 6 heteroatoms. The highest BCUT2D eigenvalue weighted by molar-refractivity contribution is 9.10. The van der Waals surface area contributed by atoms with Gasteiger partial charge in [0.1, 0.15) is 0 Å². The molecule has 1 aromatic carbocycles. The van der Waals surface area contributed by atoms with Crippen molar-refractivity contribution >= 4 is 39.1 Å². The van der Waals surface area contributed by atoms with Crippen molar-refractivity contribution in [1.29, 1.82) is 0 Å². The first kappa shape index (κ1) is 9.96. The minimum Gasteiger partial charge on any atom is -0.333 e. The lowest BCUT2D eigenvalue weighted by atomic mass is 10.2. The first-order valence-electron chi connectivity index (χ1n) is 3.61. The van der Waals surface area contributed by atoms with E-state index in [1.165, 1.54) is 0 Å². The molecule has 1 aromatic heterocycles. The molecule has 0 radical (unpaired) electrons. The molecule has 0 unspecified atom stereocenters. The van der Waals surface area contributed by atoms with Gasteiger partial charge in [-0.2, -0.15) is 4.98 Å². The zero-order valence-electron chi connectivity index (χ0n) is 6.67. The second kappa shape index (κ2) is 3.88. The summed E-state index contributed by atoms with van der Waals surface area (Å²) >= 11 is 14.7. The van der Waals surface area contributed by atoms with Crippen LogP contribution in [0.4, 0.5) is 0 Å². The van der Waals surface area contributed by atoms with E-state index in [4.69, 9.17) is 27.7 Å². The third-order valence-corrected chi connectivity index (χ3v) is 2.34. The number of aromatic nitrogens is 2. The smallest absolute Gasteiger partial charge is 0.264 e. The van der Waals surface area contributed by atoms with Crippen LogP contribution in [0.1, 0.15) is 0 Å². The lowest BCUT2D eigenvalue weighted by Crippen LogP contribution is -1.78. The molecule has 72 valence electrons. The van der Waals surface area contributed by atoms with Crippen LogP contribution in [0.5, 0.6) is 0 Å². The Hall–Kier alpha value is -0.580. The summed E-state index contributed by atoms with van der Waals surface area (Å²) < 4.78 is 5.73. The first-order valence-corrected chi connectivity index (χ1v) is 5.16. The molecule has 14 heavy (non-hydrogen) atoms. The Morgan fingerprint density at radius 2 is 2.00 bits per heavy atom. The third-order valence-electron chi connectivity index (χ3n) is 1.51. The monoisotopic (exact) mass is 292 g/mol. The highest BCUT2D eigenvalue weighted by Gasteiger charge is 2.08. The number of hydrogen-bond donors (Lipinski definition) is 0. The minimum absolute atomic E-state index is 0.0797. The zero-order valence-corrected chi connectivity index (χ0v) is 9.77. The normalized spacial score (nSPS) is 10.5. The maximum absolute atomic E-state index is 5.85. The van der Waals surface area contributed by atoms with E-state index in [0.717, 1.165) is 10.0 Å². The molecule has 1 heterocycles. The van der Waals surface area contributed by atoms with Crippen LogP contribution < -0.4 is 0 Å². The molecule has 0 atom stereocenters. The summed E-state index contributed by atoms with van der Waals surface area (Å²) in [7, 11) is 0. The zero-order chi connectivity index (χ0) is 10.1. The topological polar surface area (TPSA) is 38.9 Å². The fourth-order valence-electron chi connectivity index (χ4n) is 1.00. The Morgan fingerprint density at radius 3 is 2.57 bits per heavy atom. The summed E-state index contributed by atoms with van der Waals surface area (Å²) in [6.07, 6.45) is 0. The molecule has 0 spiro atoms. The summed E-state index contributed by atoms with van der Waals surface area (Å²) in [6.45, 7) is 0. The van der Waals surface area contributed by atoms with E-state index in [2.05, 4.69) is 26.1 Å². The van der Waals surface area contributed by atoms with Crippen molar-refractivity contribution in [3.05, 3.63) is 33.0 Å². The van der Waals surface area contributed by atoms with Gasteiger partial charge in [0.2, 0.25) is 0 Å². The van der Waals surface area contributed by atoms with Crippen LogP contribution in [-0.2, 0) is 0 Å². The van der Waals surface area contributed by atoms with Crippen molar-refractivity contribution in [2.45, 2.75) is 0 Å². The summed E-state index contributed by atoms with van der Waals surface area (Å²) in [5.41, 5.74) is 0.726. The van der Waals surface area contributed by atoms with Crippen LogP contribution in [-0.4, -0.2) is 10.1 Å². The standard InChI is InChI=1S/C8H3BrCl2N2O/c9-5-1-4(2-6(10)3-5)7-12-8(11)13-14-7/h1-3H. The van der Waals surface area contributed by atoms with Crippen LogP contribution >= 0.6 is 39.1 Å². The number of rotatable bonds is 1. The molecular formula is C8H3BrCl2N2O. The van der Waals surface area contributed by atoms with Crippen LogP contribution in [0.25, 0.3) is 11.5 Å². The van der Waals surface area contributed by atoms with E-state index in [9.17, 15) is 0 Å². The van der Waals surface area contributed by atoms with Crippen LogP contribution in [0.2, 0.25) is 10.3 Å². The van der Waals surface area contributed by atoms with Gasteiger partial charge in [-0.25, -0.2) is 0 Å². The van der Waals surface area contributed by atoms with Crippen molar-refractivity contribution < 1.29 is 4.52 Å². The summed E-state index contributed by atoms with van der Waals surface area (Å²) in [5.74, 6) is 0.346. The van der Waals surface area contributed by atoms with E-state index in [1.807, 2.05) is 6.07 Å². The highest BCUT2D eigenvalue weighted by Crippen LogP contribution is 2.26. The maximum atomic E-state index is 5.85. The number of nitrogens with zero attached hydrogens (tertiary/aromatic N) is 2. The van der Waals surface area contributed by atoms with Gasteiger partial charge in [-0.15, -0.1) is 0 Å². The second-order valence-corrected chi connectivity index (χ2v) is 4.22. The third kappa shape index (κ3) is 2.08. The van der Waals surface area contributed by atoms with E-state index < -0.39 is 0 Å². The number of benzene rings is 1. The molecule has 0 bridgehead atoms. The van der Waals surface area contributed by atoms with Gasteiger partial charge in [0, 0.05) is 15.1 Å². The molecule has 0 fully saturated rings. The molecule has 0 aliphatic rings. The van der Waals surface area contributed by atoms with Gasteiger partial charge in [-0.3, -0.25) is 0 Å². The van der Waals surface area contributed by atoms with Gasteiger partial charge in [0.25, 0.3) is 11.2 Å². The molecule has 0 amide bonds. The molecule has 0 saturated carbocycles. The van der Waals surface area contributed by atoms with Crippen molar-refractivity contribution in [2.75, 3.05) is 0 Å². The van der Waals surface area contributed by atoms with Gasteiger partial charge < -0.3 is 4.52 Å². The van der Waals surface area contributed by atoms with E-state index in [1.54, 1.807) is 12.1 Å². The van der Waals surface area contributed by atoms with Crippen molar-refractivity contribution in [3.63, 3.8) is 0 Å². The molecule has 0 aliphatic carbocycles. The SMILES string of the molecule is Clc1cc(Br)cc(-c2nc(Cl)no2)c1. The van der Waals surface area contributed by atoms with Crippen molar-refractivity contribution in [1.82, 2.24) is 10.1 Å². The summed E-state index contributed by atoms with van der Waals surface area (Å²) in [6, 6.07) is 5.30. The quantitative estimate of drug-likeness (QED) is 0.802. The fourth-order valence-corrected chi connectivity index (χ4v) is 1.97. The van der Waals surface area contributed by atoms with Gasteiger partial charge in [-0.05, 0) is 35.0 Å². The molecule has 2 aromatic rings. The average Bonchev–Trinajstić information content (AvgIpc) is 2.50. The number of halogens is 3. The van der Waals surface area contributed by atoms with Crippen molar-refractivity contribution in [2.24, 2.45) is 0 Å². The first-order chi connectivity index (χ1) is 6.65. The molecule has 0 saturated heterocycles. The number of hydrogen-bond acceptors (Lipinski definition) is 3. The molecular weight excluding hydrogens is 291 g/mol. The van der Waals surface area contributed by atoms with Gasteiger partial charge in [0.05, 0.1) is 0 Å². The second-order valence-electron chi connectivity index (χ2n) is 2.53. The Kier molecular flexibility index (Phi) is 2.76. The predicted octanol–water partition coefficient (Wildman–Crippen LogP) is 3.81. The van der Waals surface area contributed by atoms with E-state index in [-0.39, 0.29) is 5.28 Å². The van der Waals surface area contributed by atoms with Crippen LogP contribution in [0.3, 0.4) is 0 Å². The Balaban J connectivity index is 2.51. The largest absolute Gasteiger partial charge is 0.333 e. The maximum Gasteiger partial charge on any atom is 0.264 e. The minimum atomic E-state index is 0.0797. The van der Waals surface area contributed by atoms with E-state index >= 15 is 0 Å². The predicted molar refractivity (Wildman–Crippen MR) is 57.5 cm³/mol. The lowest BCUT2D eigenvalue weighted by molar-refractivity contribution is 0.430.